The van der Waals surface area contributed by atoms with Crippen LogP contribution in [0.1, 0.15) is 15.9 Å². The van der Waals surface area contributed by atoms with Crippen molar-refractivity contribution in [1.29, 1.82) is 0 Å². The van der Waals surface area contributed by atoms with Gasteiger partial charge in [-0.15, -0.1) is 0 Å². The number of rotatable bonds is 5. The minimum absolute atomic E-state index is 0.286. The number of hydrogen-bond donors (Lipinski definition) is 3. The van der Waals surface area contributed by atoms with Gasteiger partial charge in [-0.2, -0.15) is 0 Å². The first-order chi connectivity index (χ1) is 13.6. The van der Waals surface area contributed by atoms with Crippen LogP contribution in [-0.2, 0) is 0 Å². The average molecular weight is 375 g/mol. The number of amides is 3. The maximum absolute atomic E-state index is 12.6. The lowest BCUT2D eigenvalue weighted by Crippen LogP contribution is -2.20. The number of methoxy groups -OCH3 is 1. The molecule has 6 heteroatoms. The van der Waals surface area contributed by atoms with Crippen molar-refractivity contribution in [3.63, 3.8) is 0 Å². The Bertz CT molecular complexity index is 987. The fourth-order valence-electron chi connectivity index (χ4n) is 2.67. The summed E-state index contributed by atoms with van der Waals surface area (Å²) in [5, 5.41) is 8.39. The zero-order chi connectivity index (χ0) is 19.9. The molecule has 0 unspecified atom stereocenters. The van der Waals surface area contributed by atoms with E-state index in [1.165, 1.54) is 7.11 Å². The molecule has 0 atom stereocenters. The Hall–Kier alpha value is -3.80. The smallest absolute Gasteiger partial charge is 0.323 e. The normalized spacial score (nSPS) is 10.1. The number of aryl methyl sites for hydroxylation is 1. The second-order valence-electron chi connectivity index (χ2n) is 6.13. The third-order valence-electron chi connectivity index (χ3n) is 4.13. The fraction of sp³-hybridized carbons (Fsp3) is 0.0909. The summed E-state index contributed by atoms with van der Waals surface area (Å²) in [4.78, 5) is 24.8. The summed E-state index contributed by atoms with van der Waals surface area (Å²) in [6, 6.07) is 21.1. The molecule has 0 aromatic heterocycles. The van der Waals surface area contributed by atoms with Crippen LogP contribution in [0.3, 0.4) is 0 Å². The highest BCUT2D eigenvalue weighted by atomic mass is 16.5. The molecule has 0 saturated heterocycles. The zero-order valence-corrected chi connectivity index (χ0v) is 15.7. The molecule has 3 aromatic rings. The Balaban J connectivity index is 1.72. The Morgan fingerprint density at radius 3 is 2.21 bits per heavy atom. The molecule has 3 rings (SSSR count). The monoisotopic (exact) mass is 375 g/mol. The predicted molar refractivity (Wildman–Crippen MR) is 111 cm³/mol. The number of hydrogen-bond acceptors (Lipinski definition) is 3. The van der Waals surface area contributed by atoms with Gasteiger partial charge in [-0.1, -0.05) is 36.4 Å². The average Bonchev–Trinajstić information content (AvgIpc) is 2.71. The molecule has 0 aliphatic rings. The first kappa shape index (κ1) is 19.0. The Kier molecular flexibility index (Phi) is 5.91. The van der Waals surface area contributed by atoms with Gasteiger partial charge >= 0.3 is 6.03 Å². The number of ether oxygens (including phenoxy) is 1. The van der Waals surface area contributed by atoms with Crippen LogP contribution in [0.25, 0.3) is 0 Å². The largest absolute Gasteiger partial charge is 0.496 e. The van der Waals surface area contributed by atoms with Gasteiger partial charge in [0.05, 0.1) is 12.7 Å². The first-order valence-electron chi connectivity index (χ1n) is 8.75. The van der Waals surface area contributed by atoms with Crippen LogP contribution in [0.15, 0.2) is 72.8 Å². The van der Waals surface area contributed by atoms with Gasteiger partial charge in [0, 0.05) is 17.1 Å². The SMILES string of the molecule is COc1ccccc1C(=O)Nc1cc(NC(=O)Nc2ccccc2)ccc1C. The van der Waals surface area contributed by atoms with Crippen molar-refractivity contribution < 1.29 is 14.3 Å². The molecule has 28 heavy (non-hydrogen) atoms. The number of carbonyl (C=O) groups excluding carboxylic acids is 2. The van der Waals surface area contributed by atoms with Crippen LogP contribution < -0.4 is 20.7 Å². The standard InChI is InChI=1S/C22H21N3O3/c1-15-12-13-17(24-22(27)23-16-8-4-3-5-9-16)14-19(15)25-21(26)18-10-6-7-11-20(18)28-2/h3-14H,1-2H3,(H,25,26)(H2,23,24,27). The molecule has 142 valence electrons. The van der Waals surface area contributed by atoms with Gasteiger partial charge in [0.15, 0.2) is 0 Å². The van der Waals surface area contributed by atoms with Crippen molar-refractivity contribution in [3.05, 3.63) is 83.9 Å². The van der Waals surface area contributed by atoms with Crippen LogP contribution in [0.2, 0.25) is 0 Å². The van der Waals surface area contributed by atoms with E-state index in [0.717, 1.165) is 5.56 Å². The molecule has 0 aliphatic heterocycles. The molecule has 0 radical (unpaired) electrons. The zero-order valence-electron chi connectivity index (χ0n) is 15.7. The van der Waals surface area contributed by atoms with Crippen molar-refractivity contribution in [2.24, 2.45) is 0 Å². The highest BCUT2D eigenvalue weighted by Crippen LogP contribution is 2.24. The van der Waals surface area contributed by atoms with Gasteiger partial charge in [-0.05, 0) is 48.9 Å². The van der Waals surface area contributed by atoms with E-state index in [1.54, 1.807) is 48.5 Å². The molecule has 3 amide bonds. The molecule has 0 aliphatic carbocycles. The lowest BCUT2D eigenvalue weighted by molar-refractivity contribution is 0.102. The van der Waals surface area contributed by atoms with Gasteiger partial charge in [-0.25, -0.2) is 4.79 Å². The third-order valence-corrected chi connectivity index (χ3v) is 4.13. The number of urea groups is 1. The Morgan fingerprint density at radius 2 is 1.46 bits per heavy atom. The molecule has 0 heterocycles. The van der Waals surface area contributed by atoms with Crippen LogP contribution in [0.5, 0.6) is 5.75 Å². The molecule has 3 N–H and O–H groups in total. The van der Waals surface area contributed by atoms with E-state index in [0.29, 0.717) is 28.4 Å². The number of nitrogens with one attached hydrogen (secondary N) is 3. The van der Waals surface area contributed by atoms with E-state index in [9.17, 15) is 9.59 Å². The van der Waals surface area contributed by atoms with E-state index in [4.69, 9.17) is 4.74 Å². The van der Waals surface area contributed by atoms with E-state index in [1.807, 2.05) is 31.2 Å². The maximum Gasteiger partial charge on any atom is 0.323 e. The fourth-order valence-corrected chi connectivity index (χ4v) is 2.67. The van der Waals surface area contributed by atoms with Crippen LogP contribution >= 0.6 is 0 Å². The molecule has 0 bridgehead atoms. The van der Waals surface area contributed by atoms with Gasteiger partial charge in [0.1, 0.15) is 5.75 Å². The summed E-state index contributed by atoms with van der Waals surface area (Å²) >= 11 is 0. The molecule has 0 spiro atoms. The van der Waals surface area contributed by atoms with Crippen molar-refractivity contribution >= 4 is 29.0 Å². The Labute approximate surface area is 163 Å². The van der Waals surface area contributed by atoms with Crippen molar-refractivity contribution in [3.8, 4) is 5.75 Å². The maximum atomic E-state index is 12.6. The van der Waals surface area contributed by atoms with Crippen molar-refractivity contribution in [1.82, 2.24) is 0 Å². The van der Waals surface area contributed by atoms with E-state index < -0.39 is 0 Å². The van der Waals surface area contributed by atoms with Crippen LogP contribution in [-0.4, -0.2) is 19.0 Å². The third kappa shape index (κ3) is 4.67. The van der Waals surface area contributed by atoms with Gasteiger partial charge in [0.2, 0.25) is 0 Å². The summed E-state index contributed by atoms with van der Waals surface area (Å²) in [5.41, 5.74) is 3.17. The summed E-state index contributed by atoms with van der Waals surface area (Å²) < 4.78 is 5.24. The molecular formula is C22H21N3O3. The number of para-hydroxylation sites is 2. The van der Waals surface area contributed by atoms with Crippen molar-refractivity contribution in [2.75, 3.05) is 23.1 Å². The number of benzene rings is 3. The second kappa shape index (κ2) is 8.73. The van der Waals surface area contributed by atoms with Gasteiger partial charge in [0.25, 0.3) is 5.91 Å². The van der Waals surface area contributed by atoms with E-state index in [2.05, 4.69) is 16.0 Å². The molecule has 3 aromatic carbocycles. The lowest BCUT2D eigenvalue weighted by Gasteiger charge is -2.13. The predicted octanol–water partition coefficient (Wildman–Crippen LogP) is 4.90. The molecule has 0 fully saturated rings. The second-order valence-corrected chi connectivity index (χ2v) is 6.13. The topological polar surface area (TPSA) is 79.5 Å². The van der Waals surface area contributed by atoms with Gasteiger partial charge in [-0.3, -0.25) is 4.79 Å². The highest BCUT2D eigenvalue weighted by Gasteiger charge is 2.13. The van der Waals surface area contributed by atoms with Crippen LogP contribution in [0.4, 0.5) is 21.9 Å². The summed E-state index contributed by atoms with van der Waals surface area (Å²) in [5.74, 6) is 0.209. The minimum atomic E-state index is -0.364. The summed E-state index contributed by atoms with van der Waals surface area (Å²) in [6.07, 6.45) is 0. The van der Waals surface area contributed by atoms with Crippen molar-refractivity contribution in [2.45, 2.75) is 6.92 Å². The summed E-state index contributed by atoms with van der Waals surface area (Å²) in [6.45, 7) is 1.88. The quantitative estimate of drug-likeness (QED) is 0.593. The molecular weight excluding hydrogens is 354 g/mol. The van der Waals surface area contributed by atoms with E-state index >= 15 is 0 Å². The molecule has 6 nitrogen and oxygen atoms in total. The minimum Gasteiger partial charge on any atom is -0.496 e. The number of anilines is 3. The number of carbonyl (C=O) groups is 2. The van der Waals surface area contributed by atoms with Crippen LogP contribution in [0, 0.1) is 6.92 Å². The molecule has 0 saturated carbocycles. The lowest BCUT2D eigenvalue weighted by atomic mass is 10.1. The first-order valence-corrected chi connectivity index (χ1v) is 8.75. The summed E-state index contributed by atoms with van der Waals surface area (Å²) in [7, 11) is 1.52. The van der Waals surface area contributed by atoms with E-state index in [-0.39, 0.29) is 11.9 Å². The Morgan fingerprint density at radius 1 is 0.786 bits per heavy atom. The highest BCUT2D eigenvalue weighted by molar-refractivity contribution is 6.07. The van der Waals surface area contributed by atoms with Gasteiger partial charge < -0.3 is 20.7 Å².